The predicted molar refractivity (Wildman–Crippen MR) is 64.6 cm³/mol. The van der Waals surface area contributed by atoms with Crippen LogP contribution in [0.4, 0.5) is 0 Å². The second-order valence-electron chi connectivity index (χ2n) is 4.56. The van der Waals surface area contributed by atoms with Crippen LogP contribution >= 0.6 is 0 Å². The zero-order valence-corrected chi connectivity index (χ0v) is 9.90. The lowest BCUT2D eigenvalue weighted by atomic mass is 10.0. The van der Waals surface area contributed by atoms with Gasteiger partial charge in [0.15, 0.2) is 0 Å². The Morgan fingerprint density at radius 2 is 2.19 bits per heavy atom. The quantitative estimate of drug-likeness (QED) is 0.739. The highest BCUT2D eigenvalue weighted by Gasteiger charge is 2.10. The number of aryl methyl sites for hydroxylation is 1. The lowest BCUT2D eigenvalue weighted by Gasteiger charge is -2.05. The Labute approximate surface area is 95.1 Å². The van der Waals surface area contributed by atoms with Crippen LogP contribution in [0.3, 0.4) is 0 Å². The van der Waals surface area contributed by atoms with Gasteiger partial charge in [-0.3, -0.25) is 9.48 Å². The average molecular weight is 216 g/mol. The van der Waals surface area contributed by atoms with Crippen molar-refractivity contribution < 1.29 is 4.79 Å². The van der Waals surface area contributed by atoms with Crippen LogP contribution in [-0.2, 0) is 13.5 Å². The van der Waals surface area contributed by atoms with E-state index in [1.165, 1.54) is 5.69 Å². The molecule has 0 atom stereocenters. The molecule has 1 heterocycles. The van der Waals surface area contributed by atoms with Crippen molar-refractivity contribution in [3.8, 4) is 0 Å². The van der Waals surface area contributed by atoms with Gasteiger partial charge in [0, 0.05) is 23.7 Å². The van der Waals surface area contributed by atoms with E-state index in [0.29, 0.717) is 11.5 Å². The third kappa shape index (κ3) is 1.85. The van der Waals surface area contributed by atoms with E-state index < -0.39 is 0 Å². The number of carbonyl (C=O) groups excluding carboxylic acids is 1. The van der Waals surface area contributed by atoms with E-state index in [1.807, 2.05) is 29.9 Å². The minimum absolute atomic E-state index is 0.582. The van der Waals surface area contributed by atoms with E-state index >= 15 is 0 Å². The molecular formula is C13H16N2O. The van der Waals surface area contributed by atoms with E-state index in [9.17, 15) is 4.79 Å². The molecule has 2 aromatic rings. The summed E-state index contributed by atoms with van der Waals surface area (Å²) in [5, 5.41) is 5.54. The standard InChI is InChI=1S/C13H16N2O/c1-9(2)6-13-11-7-10(8-16)4-5-12(11)14-15(13)3/h4-5,7-9H,6H2,1-3H3. The molecule has 0 N–H and O–H groups in total. The van der Waals surface area contributed by atoms with Gasteiger partial charge < -0.3 is 0 Å². The van der Waals surface area contributed by atoms with Crippen molar-refractivity contribution in [3.63, 3.8) is 0 Å². The Morgan fingerprint density at radius 3 is 2.81 bits per heavy atom. The highest BCUT2D eigenvalue weighted by molar-refractivity contribution is 5.88. The maximum atomic E-state index is 10.8. The first-order valence-electron chi connectivity index (χ1n) is 5.52. The Balaban J connectivity index is 2.61. The van der Waals surface area contributed by atoms with Crippen LogP contribution in [0.1, 0.15) is 29.9 Å². The Bertz CT molecular complexity index is 526. The van der Waals surface area contributed by atoms with E-state index in [0.717, 1.165) is 23.6 Å². The number of benzene rings is 1. The molecule has 0 aliphatic rings. The molecule has 0 spiro atoms. The Hall–Kier alpha value is -1.64. The van der Waals surface area contributed by atoms with Crippen LogP contribution in [0.2, 0.25) is 0 Å². The fourth-order valence-electron chi connectivity index (χ4n) is 1.97. The fraction of sp³-hybridized carbons (Fsp3) is 0.385. The van der Waals surface area contributed by atoms with Crippen molar-refractivity contribution in [2.75, 3.05) is 0 Å². The summed E-state index contributed by atoms with van der Waals surface area (Å²) in [6, 6.07) is 5.64. The highest BCUT2D eigenvalue weighted by atomic mass is 16.1. The summed E-state index contributed by atoms with van der Waals surface area (Å²) in [7, 11) is 1.96. The van der Waals surface area contributed by atoms with Crippen LogP contribution in [-0.4, -0.2) is 16.1 Å². The molecule has 3 nitrogen and oxygen atoms in total. The minimum atomic E-state index is 0.582. The topological polar surface area (TPSA) is 34.9 Å². The second-order valence-corrected chi connectivity index (χ2v) is 4.56. The number of fused-ring (bicyclic) bond motifs is 1. The maximum Gasteiger partial charge on any atom is 0.150 e. The van der Waals surface area contributed by atoms with E-state index in [-0.39, 0.29) is 0 Å². The normalized spacial score (nSPS) is 11.2. The molecule has 84 valence electrons. The largest absolute Gasteiger partial charge is 0.298 e. The first-order chi connectivity index (χ1) is 7.61. The van der Waals surface area contributed by atoms with Crippen LogP contribution in [0, 0.1) is 5.92 Å². The van der Waals surface area contributed by atoms with E-state index in [4.69, 9.17) is 0 Å². The Morgan fingerprint density at radius 1 is 1.44 bits per heavy atom. The smallest absolute Gasteiger partial charge is 0.150 e. The average Bonchev–Trinajstić information content (AvgIpc) is 2.54. The summed E-state index contributed by atoms with van der Waals surface area (Å²) in [5.74, 6) is 0.582. The number of rotatable bonds is 3. The summed E-state index contributed by atoms with van der Waals surface area (Å²) in [6.45, 7) is 4.37. The van der Waals surface area contributed by atoms with Crippen LogP contribution in [0.25, 0.3) is 10.9 Å². The summed E-state index contributed by atoms with van der Waals surface area (Å²) < 4.78 is 1.92. The molecule has 0 radical (unpaired) electrons. The van der Waals surface area contributed by atoms with Gasteiger partial charge in [0.05, 0.1) is 5.52 Å². The summed E-state index contributed by atoms with van der Waals surface area (Å²) in [4.78, 5) is 10.8. The van der Waals surface area contributed by atoms with Gasteiger partial charge in [0.25, 0.3) is 0 Å². The van der Waals surface area contributed by atoms with Gasteiger partial charge in [-0.15, -0.1) is 0 Å². The predicted octanol–water partition coefficient (Wildman–Crippen LogP) is 2.58. The molecule has 3 heteroatoms. The third-order valence-corrected chi connectivity index (χ3v) is 2.72. The zero-order valence-electron chi connectivity index (χ0n) is 9.90. The van der Waals surface area contributed by atoms with E-state index in [2.05, 4.69) is 18.9 Å². The summed E-state index contributed by atoms with van der Waals surface area (Å²) >= 11 is 0. The SMILES string of the molecule is CC(C)Cc1c2cc(C=O)ccc2nn1C. The molecule has 0 saturated carbocycles. The molecule has 0 aliphatic heterocycles. The molecule has 1 aromatic carbocycles. The zero-order chi connectivity index (χ0) is 11.7. The van der Waals surface area contributed by atoms with E-state index in [1.54, 1.807) is 0 Å². The molecule has 0 amide bonds. The summed E-state index contributed by atoms with van der Waals surface area (Å²) in [6.07, 6.45) is 1.86. The molecule has 0 fully saturated rings. The molecule has 0 unspecified atom stereocenters. The maximum absolute atomic E-state index is 10.8. The number of carbonyl (C=O) groups is 1. The highest BCUT2D eigenvalue weighted by Crippen LogP contribution is 2.21. The molecule has 16 heavy (non-hydrogen) atoms. The van der Waals surface area contributed by atoms with Gasteiger partial charge in [-0.25, -0.2) is 0 Å². The van der Waals surface area contributed by atoms with Crippen molar-refractivity contribution in [1.82, 2.24) is 9.78 Å². The molecule has 0 bridgehead atoms. The lowest BCUT2D eigenvalue weighted by molar-refractivity contribution is 0.112. The molecular weight excluding hydrogens is 200 g/mol. The van der Waals surface area contributed by atoms with Gasteiger partial charge in [0.1, 0.15) is 6.29 Å². The fourth-order valence-corrected chi connectivity index (χ4v) is 1.97. The minimum Gasteiger partial charge on any atom is -0.298 e. The lowest BCUT2D eigenvalue weighted by Crippen LogP contribution is -2.02. The van der Waals surface area contributed by atoms with Gasteiger partial charge in [-0.05, 0) is 30.5 Å². The van der Waals surface area contributed by atoms with Crippen molar-refractivity contribution in [1.29, 1.82) is 0 Å². The molecule has 0 aliphatic carbocycles. The summed E-state index contributed by atoms with van der Waals surface area (Å²) in [5.41, 5.74) is 2.88. The number of hydrogen-bond acceptors (Lipinski definition) is 2. The number of nitrogens with zero attached hydrogens (tertiary/aromatic N) is 2. The Kier molecular flexibility index (Phi) is 2.77. The van der Waals surface area contributed by atoms with Crippen LogP contribution < -0.4 is 0 Å². The van der Waals surface area contributed by atoms with Crippen molar-refractivity contribution >= 4 is 17.2 Å². The number of aromatic nitrogens is 2. The van der Waals surface area contributed by atoms with Gasteiger partial charge in [0.2, 0.25) is 0 Å². The van der Waals surface area contributed by atoms with Gasteiger partial charge in [-0.2, -0.15) is 5.10 Å². The van der Waals surface area contributed by atoms with Crippen molar-refractivity contribution in [2.24, 2.45) is 13.0 Å². The van der Waals surface area contributed by atoms with Crippen LogP contribution in [0.5, 0.6) is 0 Å². The first-order valence-corrected chi connectivity index (χ1v) is 5.52. The van der Waals surface area contributed by atoms with Gasteiger partial charge in [-0.1, -0.05) is 13.8 Å². The second kappa shape index (κ2) is 4.08. The number of hydrogen-bond donors (Lipinski definition) is 0. The third-order valence-electron chi connectivity index (χ3n) is 2.72. The van der Waals surface area contributed by atoms with Crippen LogP contribution in [0.15, 0.2) is 18.2 Å². The molecule has 0 saturated heterocycles. The number of aldehydes is 1. The van der Waals surface area contributed by atoms with Crippen molar-refractivity contribution in [3.05, 3.63) is 29.5 Å². The molecule has 2 rings (SSSR count). The first kappa shape index (κ1) is 10.9. The molecule has 1 aromatic heterocycles. The monoisotopic (exact) mass is 216 g/mol. The van der Waals surface area contributed by atoms with Crippen molar-refractivity contribution in [2.45, 2.75) is 20.3 Å². The van der Waals surface area contributed by atoms with Gasteiger partial charge >= 0.3 is 0 Å².